The Balaban J connectivity index is 1.28. The number of phenols is 1. The maximum atomic E-state index is 10.0. The van der Waals surface area contributed by atoms with Gasteiger partial charge >= 0.3 is 0 Å². The molecular formula is C28H27NO3S. The average molecular weight is 458 g/mol. The number of nitrogens with zero attached hydrogens (tertiary/aromatic N) is 1. The molecule has 0 amide bonds. The van der Waals surface area contributed by atoms with Crippen molar-refractivity contribution in [3.63, 3.8) is 0 Å². The summed E-state index contributed by atoms with van der Waals surface area (Å²) in [6.45, 7) is 4.08. The van der Waals surface area contributed by atoms with E-state index in [-0.39, 0.29) is 11.9 Å². The highest BCUT2D eigenvalue weighted by atomic mass is 32.1. The van der Waals surface area contributed by atoms with Crippen molar-refractivity contribution in [2.45, 2.75) is 25.4 Å². The molecular weight excluding hydrogens is 430 g/mol. The number of hydrogen-bond donors (Lipinski definition) is 1. The van der Waals surface area contributed by atoms with Crippen molar-refractivity contribution in [3.05, 3.63) is 77.9 Å². The molecule has 0 aliphatic carbocycles. The first-order valence-corrected chi connectivity index (χ1v) is 12.5. The van der Waals surface area contributed by atoms with E-state index in [0.717, 1.165) is 29.2 Å². The number of likely N-dealkylation sites (tertiary alicyclic amines) is 1. The van der Waals surface area contributed by atoms with Crippen LogP contribution in [-0.2, 0) is 0 Å². The van der Waals surface area contributed by atoms with Gasteiger partial charge in [-0.25, -0.2) is 0 Å². The molecule has 0 unspecified atom stereocenters. The van der Waals surface area contributed by atoms with Crippen LogP contribution < -0.4 is 9.47 Å². The molecule has 4 nitrogen and oxygen atoms in total. The number of fused-ring (bicyclic) bond motifs is 5. The van der Waals surface area contributed by atoms with E-state index < -0.39 is 0 Å². The summed E-state index contributed by atoms with van der Waals surface area (Å²) in [5, 5.41) is 11.3. The number of aromatic hydroxyl groups is 1. The molecule has 1 N–H and O–H groups in total. The lowest BCUT2D eigenvalue weighted by Gasteiger charge is -2.28. The van der Waals surface area contributed by atoms with Crippen LogP contribution in [0.15, 0.2) is 66.7 Å². The maximum absolute atomic E-state index is 10.0. The standard InChI is InChI=1S/C28H27NO3S/c30-20-10-13-22-24(18-20)32-27(26-23-6-2-3-7-25(23)33-28(22)26)19-8-11-21(12-9-19)31-17-16-29-14-4-1-5-15-29/h2-3,6-13,18,27,30H,1,4-5,14-17H2/t27-/m1/s1. The van der Waals surface area contributed by atoms with Gasteiger partial charge in [0.15, 0.2) is 6.10 Å². The molecule has 168 valence electrons. The minimum atomic E-state index is -0.229. The van der Waals surface area contributed by atoms with E-state index in [4.69, 9.17) is 9.47 Å². The summed E-state index contributed by atoms with van der Waals surface area (Å²) in [7, 11) is 0. The van der Waals surface area contributed by atoms with E-state index in [1.807, 2.05) is 18.2 Å². The van der Waals surface area contributed by atoms with Crippen molar-refractivity contribution in [2.24, 2.45) is 0 Å². The van der Waals surface area contributed by atoms with E-state index in [0.29, 0.717) is 6.61 Å². The quantitative estimate of drug-likeness (QED) is 0.366. The fraction of sp³-hybridized carbons (Fsp3) is 0.286. The van der Waals surface area contributed by atoms with Crippen LogP contribution in [0, 0.1) is 0 Å². The molecule has 33 heavy (non-hydrogen) atoms. The third-order valence-corrected chi connectivity index (χ3v) is 7.88. The highest BCUT2D eigenvalue weighted by Gasteiger charge is 2.31. The zero-order chi connectivity index (χ0) is 22.2. The molecule has 0 radical (unpaired) electrons. The number of thiophene rings is 1. The van der Waals surface area contributed by atoms with E-state index >= 15 is 0 Å². The van der Waals surface area contributed by atoms with Crippen molar-refractivity contribution in [3.8, 4) is 27.7 Å². The Hall–Kier alpha value is -3.02. The molecule has 1 aromatic heterocycles. The van der Waals surface area contributed by atoms with Gasteiger partial charge in [-0.1, -0.05) is 36.8 Å². The van der Waals surface area contributed by atoms with Crippen molar-refractivity contribution < 1.29 is 14.6 Å². The van der Waals surface area contributed by atoms with E-state index in [1.54, 1.807) is 23.5 Å². The predicted molar refractivity (Wildman–Crippen MR) is 134 cm³/mol. The molecule has 6 rings (SSSR count). The number of ether oxygens (including phenoxy) is 2. The molecule has 0 saturated carbocycles. The van der Waals surface area contributed by atoms with Crippen molar-refractivity contribution >= 4 is 21.4 Å². The third kappa shape index (κ3) is 3.96. The Morgan fingerprint density at radius 2 is 1.79 bits per heavy atom. The average Bonchev–Trinajstić information content (AvgIpc) is 3.24. The summed E-state index contributed by atoms with van der Waals surface area (Å²) in [6, 6.07) is 22.2. The van der Waals surface area contributed by atoms with Crippen LogP contribution in [0.25, 0.3) is 20.5 Å². The highest BCUT2D eigenvalue weighted by Crippen LogP contribution is 2.52. The molecule has 2 aliphatic heterocycles. The summed E-state index contributed by atoms with van der Waals surface area (Å²) in [5.74, 6) is 1.83. The van der Waals surface area contributed by atoms with Gasteiger partial charge in [0.05, 0.1) is 0 Å². The number of hydrogen-bond acceptors (Lipinski definition) is 5. The molecule has 2 aliphatic rings. The highest BCUT2D eigenvalue weighted by molar-refractivity contribution is 7.22. The molecule has 1 fully saturated rings. The summed E-state index contributed by atoms with van der Waals surface area (Å²) in [6.07, 6.45) is 3.73. The third-order valence-electron chi connectivity index (χ3n) is 6.66. The number of phenolic OH excluding ortho intramolecular Hbond substituents is 1. The monoisotopic (exact) mass is 457 g/mol. The molecule has 3 aromatic carbocycles. The van der Waals surface area contributed by atoms with E-state index in [2.05, 4.69) is 41.3 Å². The minimum absolute atomic E-state index is 0.217. The molecule has 0 bridgehead atoms. The summed E-state index contributed by atoms with van der Waals surface area (Å²) >= 11 is 1.78. The lowest BCUT2D eigenvalue weighted by atomic mass is 9.93. The van der Waals surface area contributed by atoms with Crippen LogP contribution >= 0.6 is 11.3 Å². The topological polar surface area (TPSA) is 41.9 Å². The molecule has 0 spiro atoms. The Kier molecular flexibility index (Phi) is 5.44. The number of piperidine rings is 1. The van der Waals surface area contributed by atoms with E-state index in [9.17, 15) is 5.11 Å². The van der Waals surface area contributed by atoms with Gasteiger partial charge in [0.25, 0.3) is 0 Å². The van der Waals surface area contributed by atoms with Gasteiger partial charge in [0.2, 0.25) is 0 Å². The van der Waals surface area contributed by atoms with Gasteiger partial charge in [-0.05, 0) is 61.8 Å². The molecule has 5 heteroatoms. The van der Waals surface area contributed by atoms with Crippen LogP contribution in [0.2, 0.25) is 0 Å². The van der Waals surface area contributed by atoms with E-state index in [1.165, 1.54) is 52.9 Å². The molecule has 1 atom stereocenters. The minimum Gasteiger partial charge on any atom is -0.508 e. The smallest absolute Gasteiger partial charge is 0.151 e. The van der Waals surface area contributed by atoms with Crippen LogP contribution in [0.3, 0.4) is 0 Å². The van der Waals surface area contributed by atoms with Crippen molar-refractivity contribution in [1.82, 2.24) is 4.90 Å². The second-order valence-electron chi connectivity index (χ2n) is 8.84. The zero-order valence-electron chi connectivity index (χ0n) is 18.5. The first-order chi connectivity index (χ1) is 16.3. The molecule has 4 aromatic rings. The predicted octanol–water partition coefficient (Wildman–Crippen LogP) is 6.62. The van der Waals surface area contributed by atoms with Gasteiger partial charge in [0.1, 0.15) is 23.9 Å². The fourth-order valence-corrected chi connectivity index (χ4v) is 6.22. The Labute approximate surface area is 198 Å². The second-order valence-corrected chi connectivity index (χ2v) is 9.89. The fourth-order valence-electron chi connectivity index (χ4n) is 4.96. The second kappa shape index (κ2) is 8.73. The van der Waals surface area contributed by atoms with Crippen molar-refractivity contribution in [1.29, 1.82) is 0 Å². The largest absolute Gasteiger partial charge is 0.508 e. The van der Waals surface area contributed by atoms with Gasteiger partial charge < -0.3 is 14.6 Å². The lowest BCUT2D eigenvalue weighted by Crippen LogP contribution is -2.33. The number of rotatable bonds is 5. The summed E-state index contributed by atoms with van der Waals surface area (Å²) in [5.41, 5.74) is 3.32. The van der Waals surface area contributed by atoms with Gasteiger partial charge in [-0.3, -0.25) is 4.90 Å². The van der Waals surface area contributed by atoms with Gasteiger partial charge in [-0.2, -0.15) is 0 Å². The zero-order valence-corrected chi connectivity index (χ0v) is 19.3. The van der Waals surface area contributed by atoms with Crippen LogP contribution in [-0.4, -0.2) is 36.2 Å². The van der Waals surface area contributed by atoms with Crippen LogP contribution in [0.1, 0.15) is 36.5 Å². The van der Waals surface area contributed by atoms with Crippen LogP contribution in [0.5, 0.6) is 17.2 Å². The van der Waals surface area contributed by atoms with Crippen molar-refractivity contribution in [2.75, 3.05) is 26.2 Å². The van der Waals surface area contributed by atoms with Crippen LogP contribution in [0.4, 0.5) is 0 Å². The van der Waals surface area contributed by atoms with Gasteiger partial charge in [0, 0.05) is 38.7 Å². The summed E-state index contributed by atoms with van der Waals surface area (Å²) < 4.78 is 13.8. The Bertz CT molecular complexity index is 1270. The first kappa shape index (κ1) is 20.6. The Morgan fingerprint density at radius 3 is 2.64 bits per heavy atom. The SMILES string of the molecule is Oc1ccc2c(c1)O[C@H](c1ccc(OCCN3CCCCC3)cc1)c1c-2sc2ccccc12. The maximum Gasteiger partial charge on any atom is 0.151 e. The number of benzene rings is 3. The lowest BCUT2D eigenvalue weighted by molar-refractivity contribution is 0.183. The Morgan fingerprint density at radius 1 is 0.970 bits per heavy atom. The molecule has 3 heterocycles. The summed E-state index contributed by atoms with van der Waals surface area (Å²) in [4.78, 5) is 3.70. The first-order valence-electron chi connectivity index (χ1n) is 11.7. The normalized spacial score (nSPS) is 17.9. The molecule has 1 saturated heterocycles. The van der Waals surface area contributed by atoms with Gasteiger partial charge in [-0.15, -0.1) is 11.3 Å².